The van der Waals surface area contributed by atoms with Crippen molar-refractivity contribution in [2.24, 2.45) is 5.92 Å². The highest BCUT2D eigenvalue weighted by Crippen LogP contribution is 2.24. The molecule has 1 nitrogen and oxygen atoms in total. The summed E-state index contributed by atoms with van der Waals surface area (Å²) in [4.78, 5) is 0. The highest BCUT2D eigenvalue weighted by molar-refractivity contribution is 6.31. The Hall–Kier alpha value is -0.530. The minimum Gasteiger partial charge on any atom is -0.312 e. The Kier molecular flexibility index (Phi) is 4.25. The summed E-state index contributed by atoms with van der Waals surface area (Å²) in [6.07, 6.45) is 5.65. The molecule has 88 valence electrons. The van der Waals surface area contributed by atoms with E-state index in [4.69, 9.17) is 11.6 Å². The first-order chi connectivity index (χ1) is 7.75. The van der Waals surface area contributed by atoms with Crippen LogP contribution in [0.1, 0.15) is 36.8 Å². The zero-order valence-corrected chi connectivity index (χ0v) is 10.7. The summed E-state index contributed by atoms with van der Waals surface area (Å²) in [5.41, 5.74) is 2.44. The van der Waals surface area contributed by atoms with Crippen LogP contribution in [0.3, 0.4) is 0 Å². The van der Waals surface area contributed by atoms with E-state index >= 15 is 0 Å². The molecule has 1 N–H and O–H groups in total. The Labute approximate surface area is 103 Å². The Bertz CT molecular complexity index is 343. The Balaban J connectivity index is 1.78. The van der Waals surface area contributed by atoms with E-state index in [0.717, 1.165) is 29.6 Å². The molecule has 1 saturated carbocycles. The average molecular weight is 238 g/mol. The third-order valence-electron chi connectivity index (χ3n) is 3.47. The molecule has 1 aliphatic rings. The lowest BCUT2D eigenvalue weighted by molar-refractivity contribution is 0.489. The lowest BCUT2D eigenvalue weighted by Crippen LogP contribution is -2.20. The van der Waals surface area contributed by atoms with Gasteiger partial charge in [-0.25, -0.2) is 0 Å². The number of halogens is 1. The van der Waals surface area contributed by atoms with E-state index < -0.39 is 0 Å². The summed E-state index contributed by atoms with van der Waals surface area (Å²) in [5, 5.41) is 4.41. The van der Waals surface area contributed by atoms with Crippen LogP contribution in [0.15, 0.2) is 18.2 Å². The Morgan fingerprint density at radius 2 is 2.06 bits per heavy atom. The molecule has 2 rings (SSSR count). The van der Waals surface area contributed by atoms with Gasteiger partial charge in [-0.1, -0.05) is 36.6 Å². The maximum Gasteiger partial charge on any atom is 0.0438 e. The summed E-state index contributed by atoms with van der Waals surface area (Å²) in [6, 6.07) is 6.32. The lowest BCUT2D eigenvalue weighted by atomic mass is 10.1. The van der Waals surface area contributed by atoms with Gasteiger partial charge in [-0.2, -0.15) is 0 Å². The van der Waals surface area contributed by atoms with Crippen molar-refractivity contribution in [3.05, 3.63) is 34.3 Å². The molecule has 0 aromatic heterocycles. The van der Waals surface area contributed by atoms with E-state index in [1.165, 1.54) is 31.2 Å². The van der Waals surface area contributed by atoms with Gasteiger partial charge in [0.15, 0.2) is 0 Å². The van der Waals surface area contributed by atoms with Crippen molar-refractivity contribution in [2.75, 3.05) is 6.54 Å². The molecular weight excluding hydrogens is 218 g/mol. The number of aryl methyl sites for hydroxylation is 1. The molecule has 0 radical (unpaired) electrons. The summed E-state index contributed by atoms with van der Waals surface area (Å²) in [5.74, 6) is 0.904. The fraction of sp³-hybridized carbons (Fsp3) is 0.571. The minimum absolute atomic E-state index is 0.875. The second-order valence-corrected chi connectivity index (χ2v) is 5.27. The van der Waals surface area contributed by atoms with Crippen LogP contribution in [0.25, 0.3) is 0 Å². The SMILES string of the molecule is Cc1ccc(CNCC2CCCC2)cc1Cl. The predicted octanol–water partition coefficient (Wildman–Crippen LogP) is 3.93. The number of hydrogen-bond donors (Lipinski definition) is 1. The summed E-state index contributed by atoms with van der Waals surface area (Å²) in [6.45, 7) is 4.14. The minimum atomic E-state index is 0.875. The van der Waals surface area contributed by atoms with Crippen molar-refractivity contribution in [1.82, 2.24) is 5.32 Å². The molecule has 16 heavy (non-hydrogen) atoms. The Morgan fingerprint density at radius 3 is 2.75 bits per heavy atom. The van der Waals surface area contributed by atoms with Gasteiger partial charge in [-0.15, -0.1) is 0 Å². The van der Waals surface area contributed by atoms with Crippen LogP contribution in [-0.2, 0) is 6.54 Å². The van der Waals surface area contributed by atoms with Crippen molar-refractivity contribution in [2.45, 2.75) is 39.2 Å². The van der Waals surface area contributed by atoms with Crippen LogP contribution in [0.5, 0.6) is 0 Å². The van der Waals surface area contributed by atoms with E-state index in [-0.39, 0.29) is 0 Å². The molecule has 0 aliphatic heterocycles. The first-order valence-corrected chi connectivity index (χ1v) is 6.59. The van der Waals surface area contributed by atoms with Crippen molar-refractivity contribution in [1.29, 1.82) is 0 Å². The molecule has 0 spiro atoms. The van der Waals surface area contributed by atoms with Crippen molar-refractivity contribution in [3.8, 4) is 0 Å². The maximum absolute atomic E-state index is 6.09. The standard InChI is InChI=1S/C14H20ClN/c1-11-6-7-13(8-14(11)15)10-16-9-12-4-2-3-5-12/h6-8,12,16H,2-5,9-10H2,1H3. The zero-order valence-electron chi connectivity index (χ0n) is 9.93. The zero-order chi connectivity index (χ0) is 11.4. The number of benzene rings is 1. The quantitative estimate of drug-likeness (QED) is 0.837. The van der Waals surface area contributed by atoms with Crippen LogP contribution in [0.2, 0.25) is 5.02 Å². The molecule has 0 heterocycles. The lowest BCUT2D eigenvalue weighted by Gasteiger charge is -2.11. The van der Waals surface area contributed by atoms with Gasteiger partial charge in [0, 0.05) is 11.6 Å². The van der Waals surface area contributed by atoms with E-state index in [1.54, 1.807) is 0 Å². The number of nitrogens with one attached hydrogen (secondary N) is 1. The van der Waals surface area contributed by atoms with E-state index in [1.807, 2.05) is 6.92 Å². The van der Waals surface area contributed by atoms with Crippen LogP contribution in [0.4, 0.5) is 0 Å². The second-order valence-electron chi connectivity index (χ2n) is 4.86. The van der Waals surface area contributed by atoms with Gasteiger partial charge in [0.25, 0.3) is 0 Å². The summed E-state index contributed by atoms with van der Waals surface area (Å²) >= 11 is 6.09. The number of hydrogen-bond acceptors (Lipinski definition) is 1. The van der Waals surface area contributed by atoms with Gasteiger partial charge < -0.3 is 5.32 Å². The van der Waals surface area contributed by atoms with Gasteiger partial charge in [-0.05, 0) is 49.4 Å². The van der Waals surface area contributed by atoms with Crippen LogP contribution >= 0.6 is 11.6 Å². The van der Waals surface area contributed by atoms with Gasteiger partial charge in [-0.3, -0.25) is 0 Å². The number of rotatable bonds is 4. The van der Waals surface area contributed by atoms with E-state index in [0.29, 0.717) is 0 Å². The van der Waals surface area contributed by atoms with Crippen LogP contribution in [0, 0.1) is 12.8 Å². The maximum atomic E-state index is 6.09. The molecule has 0 atom stereocenters. The first-order valence-electron chi connectivity index (χ1n) is 6.21. The fourth-order valence-corrected chi connectivity index (χ4v) is 2.58. The normalized spacial score (nSPS) is 16.9. The Morgan fingerprint density at radius 1 is 1.31 bits per heavy atom. The third-order valence-corrected chi connectivity index (χ3v) is 3.88. The highest BCUT2D eigenvalue weighted by Gasteiger charge is 2.13. The molecule has 0 amide bonds. The van der Waals surface area contributed by atoms with Gasteiger partial charge >= 0.3 is 0 Å². The predicted molar refractivity (Wildman–Crippen MR) is 69.9 cm³/mol. The van der Waals surface area contributed by atoms with E-state index in [9.17, 15) is 0 Å². The van der Waals surface area contributed by atoms with E-state index in [2.05, 4.69) is 23.5 Å². The topological polar surface area (TPSA) is 12.0 Å². The van der Waals surface area contributed by atoms with Crippen molar-refractivity contribution >= 4 is 11.6 Å². The van der Waals surface area contributed by atoms with Gasteiger partial charge in [0.05, 0.1) is 0 Å². The van der Waals surface area contributed by atoms with Gasteiger partial charge in [0.2, 0.25) is 0 Å². The molecule has 1 aliphatic carbocycles. The van der Waals surface area contributed by atoms with Crippen molar-refractivity contribution in [3.63, 3.8) is 0 Å². The molecule has 0 bridgehead atoms. The fourth-order valence-electron chi connectivity index (χ4n) is 2.38. The average Bonchev–Trinajstić information content (AvgIpc) is 2.76. The third kappa shape index (κ3) is 3.23. The smallest absolute Gasteiger partial charge is 0.0438 e. The monoisotopic (exact) mass is 237 g/mol. The second kappa shape index (κ2) is 5.70. The summed E-state index contributed by atoms with van der Waals surface area (Å²) < 4.78 is 0. The molecular formula is C14H20ClN. The molecule has 0 saturated heterocycles. The highest BCUT2D eigenvalue weighted by atomic mass is 35.5. The molecule has 1 fully saturated rings. The molecule has 2 heteroatoms. The van der Waals surface area contributed by atoms with Crippen LogP contribution in [-0.4, -0.2) is 6.54 Å². The summed E-state index contributed by atoms with van der Waals surface area (Å²) in [7, 11) is 0. The van der Waals surface area contributed by atoms with Crippen LogP contribution < -0.4 is 5.32 Å². The molecule has 1 aromatic carbocycles. The molecule has 1 aromatic rings. The molecule has 0 unspecified atom stereocenters. The van der Waals surface area contributed by atoms with Gasteiger partial charge in [0.1, 0.15) is 0 Å². The van der Waals surface area contributed by atoms with Crippen molar-refractivity contribution < 1.29 is 0 Å². The largest absolute Gasteiger partial charge is 0.312 e. The first kappa shape index (κ1) is 11.9.